The highest BCUT2D eigenvalue weighted by Gasteiger charge is 2.36. The van der Waals surface area contributed by atoms with Crippen molar-refractivity contribution < 1.29 is 0 Å². The van der Waals surface area contributed by atoms with Gasteiger partial charge in [0.25, 0.3) is 0 Å². The lowest BCUT2D eigenvalue weighted by Gasteiger charge is -2.22. The van der Waals surface area contributed by atoms with Gasteiger partial charge in [0, 0.05) is 33.0 Å². The molecule has 0 fully saturated rings. The van der Waals surface area contributed by atoms with Crippen molar-refractivity contribution in [3.8, 4) is 61.6 Å². The number of hydrogen-bond acceptors (Lipinski definition) is 1. The molecule has 1 aliphatic carbocycles. The summed E-state index contributed by atoms with van der Waals surface area (Å²) in [6, 6.07) is 62.3. The molecule has 0 atom stereocenters. The van der Waals surface area contributed by atoms with Crippen LogP contribution in [0.5, 0.6) is 0 Å². The summed E-state index contributed by atoms with van der Waals surface area (Å²) in [7, 11) is 0. The van der Waals surface area contributed by atoms with E-state index in [1.54, 1.807) is 0 Å². The third-order valence-electron chi connectivity index (χ3n) is 11.2. The first-order valence-electron chi connectivity index (χ1n) is 18.4. The number of rotatable bonds is 5. The average molecular weight is 690 g/mol. The van der Waals surface area contributed by atoms with Crippen molar-refractivity contribution in [3.63, 3.8) is 0 Å². The minimum Gasteiger partial charge on any atom is -0.309 e. The Kier molecular flexibility index (Phi) is 7.22. The molecule has 3 heteroatoms. The number of nitrogens with zero attached hydrogens (tertiary/aromatic N) is 3. The van der Waals surface area contributed by atoms with E-state index in [9.17, 15) is 0 Å². The second-order valence-electron chi connectivity index (χ2n) is 14.7. The predicted octanol–water partition coefficient (Wildman–Crippen LogP) is 13.7. The van der Waals surface area contributed by atoms with Gasteiger partial charge in [-0.05, 0) is 93.0 Å². The molecular weight excluding hydrogens is 655 g/mol. The Morgan fingerprint density at radius 3 is 1.87 bits per heavy atom. The molecule has 0 saturated carbocycles. The summed E-state index contributed by atoms with van der Waals surface area (Å²) in [4.78, 5) is 9.30. The van der Waals surface area contributed by atoms with Crippen molar-refractivity contribution >= 4 is 27.5 Å². The SMILES string of the molecule is [C-]#[N+]c1ccccc1-c1cc(-c2cc(-c3ccccc3)cc(-c3ccccc3)n2)cc(-n2c3ccccc3c3cc4c(cc32)C(C)(C)c2ccccc2-4)c1. The summed E-state index contributed by atoms with van der Waals surface area (Å²) in [6.07, 6.45) is 0. The molecule has 7 aromatic carbocycles. The van der Waals surface area contributed by atoms with Gasteiger partial charge in [-0.15, -0.1) is 0 Å². The maximum Gasteiger partial charge on any atom is 0.194 e. The molecule has 3 nitrogen and oxygen atoms in total. The van der Waals surface area contributed by atoms with Crippen LogP contribution >= 0.6 is 0 Å². The number of benzene rings is 7. The van der Waals surface area contributed by atoms with Crippen LogP contribution in [0.4, 0.5) is 5.69 Å². The fraction of sp³-hybridized carbons (Fsp3) is 0.0588. The second kappa shape index (κ2) is 12.3. The standard InChI is InChI=1S/C51H35N3/c1-51(2)44-23-13-10-21-40(44)42-31-43-41-22-12-15-25-49(41)54(50(43)32-45(42)51)38-27-36(39-20-11-14-24-46(39)52-3)26-37(28-38)48-30-35(33-16-6-4-7-17-33)29-47(53-48)34-18-8-5-9-19-34/h4-32H,1-2H3. The number of aromatic nitrogens is 2. The van der Waals surface area contributed by atoms with Gasteiger partial charge in [-0.3, -0.25) is 0 Å². The quantitative estimate of drug-likeness (QED) is 0.165. The van der Waals surface area contributed by atoms with Crippen molar-refractivity contribution in [1.29, 1.82) is 0 Å². The Morgan fingerprint density at radius 2 is 1.09 bits per heavy atom. The highest BCUT2D eigenvalue weighted by Crippen LogP contribution is 2.51. The third-order valence-corrected chi connectivity index (χ3v) is 11.2. The summed E-state index contributed by atoms with van der Waals surface area (Å²) >= 11 is 0. The fourth-order valence-corrected chi connectivity index (χ4v) is 8.53. The molecule has 2 heterocycles. The van der Waals surface area contributed by atoms with Crippen molar-refractivity contribution in [3.05, 3.63) is 198 Å². The minimum absolute atomic E-state index is 0.140. The van der Waals surface area contributed by atoms with Crippen LogP contribution in [0.25, 0.3) is 88.2 Å². The molecule has 9 aromatic rings. The van der Waals surface area contributed by atoms with Crippen LogP contribution in [0.15, 0.2) is 176 Å². The smallest absolute Gasteiger partial charge is 0.194 e. The Labute approximate surface area is 315 Å². The van der Waals surface area contributed by atoms with E-state index in [4.69, 9.17) is 11.6 Å². The zero-order chi connectivity index (χ0) is 36.4. The summed E-state index contributed by atoms with van der Waals surface area (Å²) < 4.78 is 2.41. The summed E-state index contributed by atoms with van der Waals surface area (Å²) in [5.41, 5.74) is 17.1. The Bertz CT molecular complexity index is 2900. The highest BCUT2D eigenvalue weighted by atomic mass is 15.0. The van der Waals surface area contributed by atoms with Crippen LogP contribution in [0.2, 0.25) is 0 Å². The molecule has 0 unspecified atom stereocenters. The van der Waals surface area contributed by atoms with Crippen LogP contribution in [-0.4, -0.2) is 9.55 Å². The van der Waals surface area contributed by atoms with E-state index >= 15 is 0 Å². The zero-order valence-corrected chi connectivity index (χ0v) is 30.1. The average Bonchev–Trinajstić information content (AvgIpc) is 3.68. The fourth-order valence-electron chi connectivity index (χ4n) is 8.53. The predicted molar refractivity (Wildman–Crippen MR) is 224 cm³/mol. The molecule has 54 heavy (non-hydrogen) atoms. The van der Waals surface area contributed by atoms with Crippen LogP contribution in [0.3, 0.4) is 0 Å². The van der Waals surface area contributed by atoms with Crippen LogP contribution in [-0.2, 0) is 5.41 Å². The van der Waals surface area contributed by atoms with Crippen LogP contribution < -0.4 is 0 Å². The van der Waals surface area contributed by atoms with E-state index in [0.29, 0.717) is 5.69 Å². The molecule has 0 bridgehead atoms. The molecule has 0 N–H and O–H groups in total. The third kappa shape index (κ3) is 4.99. The van der Waals surface area contributed by atoms with Gasteiger partial charge in [-0.1, -0.05) is 141 Å². The van der Waals surface area contributed by atoms with E-state index in [1.807, 2.05) is 24.3 Å². The second-order valence-corrected chi connectivity index (χ2v) is 14.7. The zero-order valence-electron chi connectivity index (χ0n) is 30.1. The summed E-state index contributed by atoms with van der Waals surface area (Å²) in [5, 5.41) is 2.43. The lowest BCUT2D eigenvalue weighted by atomic mass is 9.82. The molecule has 254 valence electrons. The number of pyridine rings is 1. The molecular formula is C51H35N3. The molecule has 0 amide bonds. The lowest BCUT2D eigenvalue weighted by Crippen LogP contribution is -2.15. The van der Waals surface area contributed by atoms with Crippen LogP contribution in [0.1, 0.15) is 25.0 Å². The largest absolute Gasteiger partial charge is 0.309 e. The molecule has 1 aliphatic rings. The number of fused-ring (bicyclic) bond motifs is 6. The van der Waals surface area contributed by atoms with Crippen molar-refractivity contribution in [2.75, 3.05) is 0 Å². The van der Waals surface area contributed by atoms with Crippen molar-refractivity contribution in [1.82, 2.24) is 9.55 Å². The van der Waals surface area contributed by atoms with Crippen LogP contribution in [0, 0.1) is 6.57 Å². The first-order chi connectivity index (χ1) is 26.5. The number of hydrogen-bond donors (Lipinski definition) is 0. The van der Waals surface area contributed by atoms with Crippen molar-refractivity contribution in [2.45, 2.75) is 19.3 Å². The van der Waals surface area contributed by atoms with Gasteiger partial charge in [0.2, 0.25) is 0 Å². The highest BCUT2D eigenvalue weighted by molar-refractivity contribution is 6.12. The van der Waals surface area contributed by atoms with Gasteiger partial charge in [-0.2, -0.15) is 0 Å². The summed E-state index contributed by atoms with van der Waals surface area (Å²) in [6.45, 7) is 12.8. The van der Waals surface area contributed by atoms with Gasteiger partial charge < -0.3 is 4.57 Å². The topological polar surface area (TPSA) is 22.2 Å². The maximum absolute atomic E-state index is 8.08. The monoisotopic (exact) mass is 689 g/mol. The van der Waals surface area contributed by atoms with E-state index in [-0.39, 0.29) is 5.41 Å². The Hall–Kier alpha value is -7.02. The first kappa shape index (κ1) is 31.7. The van der Waals surface area contributed by atoms with Gasteiger partial charge >= 0.3 is 0 Å². The Morgan fingerprint density at radius 1 is 0.463 bits per heavy atom. The van der Waals surface area contributed by atoms with E-state index < -0.39 is 0 Å². The first-order valence-corrected chi connectivity index (χ1v) is 18.4. The molecule has 2 aromatic heterocycles. The molecule has 0 saturated heterocycles. The lowest BCUT2D eigenvalue weighted by molar-refractivity contribution is 0.661. The molecule has 10 rings (SSSR count). The van der Waals surface area contributed by atoms with Gasteiger partial charge in [0.05, 0.1) is 29.0 Å². The van der Waals surface area contributed by atoms with Gasteiger partial charge in [0.15, 0.2) is 5.69 Å². The normalized spacial score (nSPS) is 12.8. The molecule has 0 spiro atoms. The maximum atomic E-state index is 8.08. The Balaban J connectivity index is 1.28. The van der Waals surface area contributed by atoms with Gasteiger partial charge in [-0.25, -0.2) is 9.83 Å². The van der Waals surface area contributed by atoms with Gasteiger partial charge in [0.1, 0.15) is 0 Å². The summed E-state index contributed by atoms with van der Waals surface area (Å²) in [5.74, 6) is 0. The van der Waals surface area contributed by atoms with E-state index in [0.717, 1.165) is 61.5 Å². The molecule has 0 aliphatic heterocycles. The number of para-hydroxylation sites is 2. The van der Waals surface area contributed by atoms with E-state index in [1.165, 1.54) is 33.0 Å². The molecule has 0 radical (unpaired) electrons. The van der Waals surface area contributed by atoms with E-state index in [2.05, 4.69) is 175 Å². The van der Waals surface area contributed by atoms with Crippen molar-refractivity contribution in [2.24, 2.45) is 0 Å². The minimum atomic E-state index is -0.140.